The lowest BCUT2D eigenvalue weighted by Gasteiger charge is -2.41. The largest absolute Gasteiger partial charge is 0.486 e. The van der Waals surface area contributed by atoms with Gasteiger partial charge in [-0.3, -0.25) is 4.79 Å². The van der Waals surface area contributed by atoms with E-state index in [2.05, 4.69) is 16.3 Å². The van der Waals surface area contributed by atoms with E-state index in [1.54, 1.807) is 4.90 Å². The predicted molar refractivity (Wildman–Crippen MR) is 182 cm³/mol. The van der Waals surface area contributed by atoms with E-state index in [0.29, 0.717) is 70.6 Å². The molecule has 5 heterocycles. The number of ether oxygens (including phenoxy) is 3. The zero-order valence-corrected chi connectivity index (χ0v) is 28.2. The minimum Gasteiger partial charge on any atom is -0.486 e. The van der Waals surface area contributed by atoms with Gasteiger partial charge in [0.1, 0.15) is 13.2 Å². The Labute approximate surface area is 283 Å². The molecule has 0 radical (unpaired) electrons. The summed E-state index contributed by atoms with van der Waals surface area (Å²) in [4.78, 5) is 49.0. The summed E-state index contributed by atoms with van der Waals surface area (Å²) in [6, 6.07) is 12.3. The number of carbonyl (C=O) groups is 3. The number of piperidine rings is 3. The summed E-state index contributed by atoms with van der Waals surface area (Å²) in [6.45, 7) is 8.15. The number of para-hydroxylation sites is 1. The van der Waals surface area contributed by atoms with Crippen LogP contribution in [0.4, 0.5) is 15.3 Å². The number of aryl methyl sites for hydroxylation is 1. The number of amides is 4. The molecule has 7 rings (SSSR count). The van der Waals surface area contributed by atoms with Gasteiger partial charge in [0.15, 0.2) is 17.6 Å². The van der Waals surface area contributed by atoms with Gasteiger partial charge in [-0.15, -0.1) is 0 Å². The monoisotopic (exact) mass is 659 g/mol. The minimum absolute atomic E-state index is 0.0303. The van der Waals surface area contributed by atoms with E-state index in [4.69, 9.17) is 14.2 Å². The number of nitrogens with one attached hydrogen (secondary N) is 1. The molecule has 11 nitrogen and oxygen atoms in total. The molecular weight excluding hydrogens is 610 g/mol. The van der Waals surface area contributed by atoms with E-state index in [0.717, 1.165) is 60.5 Å². The molecule has 0 aromatic heterocycles. The summed E-state index contributed by atoms with van der Waals surface area (Å²) in [7, 11) is 0. The number of urea groups is 1. The molecular formula is C37H49N5O6. The van der Waals surface area contributed by atoms with Gasteiger partial charge in [-0.25, -0.2) is 9.59 Å². The van der Waals surface area contributed by atoms with Crippen molar-refractivity contribution in [1.29, 1.82) is 0 Å². The Morgan fingerprint density at radius 2 is 1.58 bits per heavy atom. The number of anilines is 1. The first-order valence-electron chi connectivity index (χ1n) is 18.0. The van der Waals surface area contributed by atoms with Crippen LogP contribution in [0.2, 0.25) is 0 Å². The van der Waals surface area contributed by atoms with Gasteiger partial charge >= 0.3 is 12.1 Å². The molecule has 4 amide bonds. The van der Waals surface area contributed by atoms with Crippen molar-refractivity contribution in [2.45, 2.75) is 82.9 Å². The van der Waals surface area contributed by atoms with E-state index in [-0.39, 0.29) is 24.4 Å². The lowest BCUT2D eigenvalue weighted by atomic mass is 9.98. The normalized spacial score (nSPS) is 21.6. The van der Waals surface area contributed by atoms with E-state index < -0.39 is 12.2 Å². The smallest absolute Gasteiger partial charge is 0.410 e. The molecule has 0 bridgehead atoms. The summed E-state index contributed by atoms with van der Waals surface area (Å²) in [5.74, 6) is 1.26. The highest BCUT2D eigenvalue weighted by molar-refractivity contribution is 5.91. The minimum atomic E-state index is -0.946. The lowest BCUT2D eigenvalue weighted by Crippen LogP contribution is -2.53. The molecule has 2 aromatic carbocycles. The van der Waals surface area contributed by atoms with Gasteiger partial charge in [0.05, 0.1) is 0 Å². The second-order valence-electron chi connectivity index (χ2n) is 13.9. The number of fused-ring (bicyclic) bond motifs is 2. The van der Waals surface area contributed by atoms with Crippen molar-refractivity contribution in [1.82, 2.24) is 19.6 Å². The number of likely N-dealkylation sites (tertiary alicyclic amines) is 3. The summed E-state index contributed by atoms with van der Waals surface area (Å²) >= 11 is 0. The van der Waals surface area contributed by atoms with Crippen LogP contribution in [-0.4, -0.2) is 115 Å². The number of rotatable bonds is 6. The molecule has 3 saturated heterocycles. The maximum Gasteiger partial charge on any atom is 0.410 e. The van der Waals surface area contributed by atoms with Crippen LogP contribution >= 0.6 is 0 Å². The maximum atomic E-state index is 14.1. The second kappa shape index (κ2) is 14.6. The van der Waals surface area contributed by atoms with Gasteiger partial charge in [-0.05, 0) is 93.8 Å². The van der Waals surface area contributed by atoms with Crippen molar-refractivity contribution < 1.29 is 28.6 Å². The Hall–Kier alpha value is -3.99. The highest BCUT2D eigenvalue weighted by Crippen LogP contribution is 2.35. The molecule has 1 atom stereocenters. The Balaban J connectivity index is 1.00. The Morgan fingerprint density at radius 1 is 0.875 bits per heavy atom. The molecule has 0 unspecified atom stereocenters. The molecule has 5 aliphatic rings. The fraction of sp³-hybridized carbons (Fsp3) is 0.595. The van der Waals surface area contributed by atoms with Crippen LogP contribution in [-0.2, 0) is 22.4 Å². The third-order valence-corrected chi connectivity index (χ3v) is 10.8. The van der Waals surface area contributed by atoms with Gasteiger partial charge in [0.2, 0.25) is 0 Å². The zero-order chi connectivity index (χ0) is 33.0. The van der Waals surface area contributed by atoms with Crippen LogP contribution < -0.4 is 14.8 Å². The van der Waals surface area contributed by atoms with Crippen LogP contribution in [0.1, 0.15) is 61.6 Å². The summed E-state index contributed by atoms with van der Waals surface area (Å²) < 4.78 is 17.8. The first-order chi connectivity index (χ1) is 23.4. The first kappa shape index (κ1) is 32.6. The lowest BCUT2D eigenvalue weighted by molar-refractivity contribution is -0.142. The molecule has 1 N–H and O–H groups in total. The van der Waals surface area contributed by atoms with Crippen molar-refractivity contribution in [2.24, 2.45) is 0 Å². The SMILES string of the molecule is Cc1cc(C[C@@H](OC(=O)N2CCC(N3CCc4ccccc4NC3=O)CC2)C(=O)N2CCC(N3CCCCC3)CC2)cc2c1OCCO2. The zero-order valence-electron chi connectivity index (χ0n) is 28.2. The average Bonchev–Trinajstić information content (AvgIpc) is 3.29. The van der Waals surface area contributed by atoms with Crippen LogP contribution in [0.15, 0.2) is 36.4 Å². The van der Waals surface area contributed by atoms with Crippen molar-refractivity contribution in [3.63, 3.8) is 0 Å². The summed E-state index contributed by atoms with van der Waals surface area (Å²) in [6.07, 6.45) is 6.64. The summed E-state index contributed by atoms with van der Waals surface area (Å²) in [5, 5.41) is 3.06. The molecule has 2 aromatic rings. The van der Waals surface area contributed by atoms with E-state index in [1.807, 2.05) is 47.1 Å². The maximum absolute atomic E-state index is 14.1. The highest BCUT2D eigenvalue weighted by atomic mass is 16.6. The Kier molecular flexibility index (Phi) is 9.93. The van der Waals surface area contributed by atoms with Crippen LogP contribution in [0.3, 0.4) is 0 Å². The van der Waals surface area contributed by atoms with Crippen LogP contribution in [0.25, 0.3) is 0 Å². The quantitative estimate of drug-likeness (QED) is 0.473. The fourth-order valence-electron chi connectivity index (χ4n) is 8.15. The predicted octanol–water partition coefficient (Wildman–Crippen LogP) is 4.85. The van der Waals surface area contributed by atoms with Gasteiger partial charge in [-0.2, -0.15) is 0 Å². The van der Waals surface area contributed by atoms with Crippen molar-refractivity contribution in [3.8, 4) is 11.5 Å². The van der Waals surface area contributed by atoms with Crippen LogP contribution in [0, 0.1) is 6.92 Å². The number of carbonyl (C=O) groups excluding carboxylic acids is 3. The standard InChI is InChI=1S/C37H49N5O6/c1-26-23-27(24-32-34(26)47-22-21-46-32)25-33(35(43)40-16-10-29(11-17-40)39-14-5-2-6-15-39)48-37(45)41-18-12-30(13-19-41)42-20-9-28-7-3-4-8-31(28)38-36(42)44/h3-4,7-8,23-24,29-30,33H,2,5-6,9-22,25H2,1H3,(H,38,44)/t33-/m1/s1. The van der Waals surface area contributed by atoms with E-state index in [9.17, 15) is 14.4 Å². The molecule has 0 saturated carbocycles. The molecule has 258 valence electrons. The highest BCUT2D eigenvalue weighted by Gasteiger charge is 2.36. The molecule has 0 aliphatic carbocycles. The molecule has 0 spiro atoms. The Morgan fingerprint density at radius 3 is 2.38 bits per heavy atom. The average molecular weight is 660 g/mol. The molecule has 5 aliphatic heterocycles. The Bertz CT molecular complexity index is 1480. The van der Waals surface area contributed by atoms with E-state index in [1.165, 1.54) is 19.3 Å². The number of benzene rings is 2. The third-order valence-electron chi connectivity index (χ3n) is 10.8. The van der Waals surface area contributed by atoms with E-state index >= 15 is 0 Å². The first-order valence-corrected chi connectivity index (χ1v) is 18.0. The molecule has 11 heteroatoms. The third kappa shape index (κ3) is 7.21. The van der Waals surface area contributed by atoms with Crippen molar-refractivity contribution in [2.75, 3.05) is 64.3 Å². The van der Waals surface area contributed by atoms with Gasteiger partial charge < -0.3 is 39.1 Å². The van der Waals surface area contributed by atoms with Gasteiger partial charge in [0.25, 0.3) is 5.91 Å². The fourth-order valence-corrected chi connectivity index (χ4v) is 8.15. The topological polar surface area (TPSA) is 104 Å². The molecule has 48 heavy (non-hydrogen) atoms. The molecule has 3 fully saturated rings. The van der Waals surface area contributed by atoms with Crippen molar-refractivity contribution >= 4 is 23.7 Å². The summed E-state index contributed by atoms with van der Waals surface area (Å²) in [5.41, 5.74) is 3.81. The number of nitrogens with zero attached hydrogens (tertiary/aromatic N) is 4. The number of hydrogen-bond donors (Lipinski definition) is 1. The van der Waals surface area contributed by atoms with Crippen molar-refractivity contribution in [3.05, 3.63) is 53.1 Å². The van der Waals surface area contributed by atoms with Gasteiger partial charge in [-0.1, -0.05) is 30.7 Å². The number of hydrogen-bond acceptors (Lipinski definition) is 7. The van der Waals surface area contributed by atoms with Crippen LogP contribution in [0.5, 0.6) is 11.5 Å². The van der Waals surface area contributed by atoms with Gasteiger partial charge in [0, 0.05) is 56.9 Å². The second-order valence-corrected chi connectivity index (χ2v) is 13.9.